The maximum Gasteiger partial charge on any atom is 0.274 e. The van der Waals surface area contributed by atoms with Crippen molar-refractivity contribution >= 4 is 17.5 Å². The van der Waals surface area contributed by atoms with Crippen molar-refractivity contribution < 1.29 is 14.5 Å². The molecule has 35 heavy (non-hydrogen) atoms. The summed E-state index contributed by atoms with van der Waals surface area (Å²) in [6.45, 7) is 2.05. The standard InChI is InChI=1S/C26H31N5O4/c32-25(29-14-6-7-15-29)19-30-16-5-4-13-23(26(30)33)28-24(18-31(34)35)27-22-12-8-11-21(17-22)20-9-2-1-3-10-20/h1-3,8-12,17-18,23,27-28H,4-7,13-16,19H2/t23-/m0/s1. The number of nitro groups is 1. The zero-order valence-electron chi connectivity index (χ0n) is 19.7. The van der Waals surface area contributed by atoms with Crippen molar-refractivity contribution in [2.75, 3.05) is 31.5 Å². The maximum atomic E-state index is 13.3. The van der Waals surface area contributed by atoms with E-state index in [-0.39, 0.29) is 24.2 Å². The van der Waals surface area contributed by atoms with Gasteiger partial charge < -0.3 is 20.4 Å². The van der Waals surface area contributed by atoms with Crippen LogP contribution in [0.2, 0.25) is 0 Å². The van der Waals surface area contributed by atoms with Crippen LogP contribution in [0.1, 0.15) is 32.1 Å². The first-order valence-corrected chi connectivity index (χ1v) is 12.1. The highest BCUT2D eigenvalue weighted by Crippen LogP contribution is 2.23. The zero-order valence-corrected chi connectivity index (χ0v) is 19.7. The van der Waals surface area contributed by atoms with Gasteiger partial charge in [-0.15, -0.1) is 0 Å². The van der Waals surface area contributed by atoms with Crippen LogP contribution >= 0.6 is 0 Å². The molecule has 0 aromatic heterocycles. The molecule has 2 amide bonds. The second-order valence-electron chi connectivity index (χ2n) is 8.94. The molecular formula is C26H31N5O4. The lowest BCUT2D eigenvalue weighted by molar-refractivity contribution is -0.403. The third-order valence-electron chi connectivity index (χ3n) is 6.38. The Bertz CT molecular complexity index is 1080. The molecule has 9 nitrogen and oxygen atoms in total. The van der Waals surface area contributed by atoms with Crippen molar-refractivity contribution in [2.45, 2.75) is 38.1 Å². The van der Waals surface area contributed by atoms with Crippen LogP contribution in [0, 0.1) is 10.1 Å². The Hall–Kier alpha value is -3.88. The molecule has 0 radical (unpaired) electrons. The molecule has 1 atom stereocenters. The Morgan fingerprint density at radius 3 is 2.46 bits per heavy atom. The van der Waals surface area contributed by atoms with Gasteiger partial charge in [-0.25, -0.2) is 0 Å². The van der Waals surface area contributed by atoms with Crippen molar-refractivity contribution in [3.8, 4) is 11.1 Å². The minimum Gasteiger partial charge on any atom is -0.355 e. The molecule has 2 aliphatic heterocycles. The van der Waals surface area contributed by atoms with Gasteiger partial charge in [-0.2, -0.15) is 0 Å². The van der Waals surface area contributed by atoms with Crippen molar-refractivity contribution in [2.24, 2.45) is 0 Å². The lowest BCUT2D eigenvalue weighted by atomic mass is 10.1. The third kappa shape index (κ3) is 6.59. The van der Waals surface area contributed by atoms with E-state index in [9.17, 15) is 19.7 Å². The van der Waals surface area contributed by atoms with Crippen LogP contribution in [0.5, 0.6) is 0 Å². The molecule has 0 spiro atoms. The maximum absolute atomic E-state index is 13.3. The number of nitrogens with one attached hydrogen (secondary N) is 2. The molecule has 2 aliphatic rings. The number of hydrogen-bond acceptors (Lipinski definition) is 6. The lowest BCUT2D eigenvalue weighted by Gasteiger charge is -2.27. The van der Waals surface area contributed by atoms with Crippen LogP contribution in [-0.2, 0) is 9.59 Å². The van der Waals surface area contributed by atoms with Gasteiger partial charge in [0.25, 0.3) is 6.20 Å². The van der Waals surface area contributed by atoms with Crippen molar-refractivity contribution in [3.05, 3.63) is 76.7 Å². The number of likely N-dealkylation sites (tertiary alicyclic amines) is 2. The van der Waals surface area contributed by atoms with Crippen LogP contribution in [0.3, 0.4) is 0 Å². The summed E-state index contributed by atoms with van der Waals surface area (Å²) in [4.78, 5) is 40.1. The Kier molecular flexibility index (Phi) is 7.97. The van der Waals surface area contributed by atoms with Crippen molar-refractivity contribution in [1.82, 2.24) is 15.1 Å². The van der Waals surface area contributed by atoms with E-state index in [1.54, 1.807) is 9.80 Å². The first-order valence-electron chi connectivity index (χ1n) is 12.1. The van der Waals surface area contributed by atoms with Gasteiger partial charge in [0.15, 0.2) is 5.82 Å². The Morgan fingerprint density at radius 2 is 1.71 bits per heavy atom. The first kappa shape index (κ1) is 24.3. The Balaban J connectivity index is 1.47. The average molecular weight is 478 g/mol. The molecular weight excluding hydrogens is 446 g/mol. The minimum atomic E-state index is -0.653. The number of amides is 2. The van der Waals surface area contributed by atoms with E-state index in [0.29, 0.717) is 18.7 Å². The number of nitrogens with zero attached hydrogens (tertiary/aromatic N) is 3. The molecule has 2 fully saturated rings. The van der Waals surface area contributed by atoms with Crippen LogP contribution in [0.15, 0.2) is 66.6 Å². The number of carbonyl (C=O) groups is 2. The minimum absolute atomic E-state index is 0.0339. The molecule has 9 heteroatoms. The van der Waals surface area contributed by atoms with E-state index in [2.05, 4.69) is 10.6 Å². The fraction of sp³-hybridized carbons (Fsp3) is 0.385. The summed E-state index contributed by atoms with van der Waals surface area (Å²) < 4.78 is 0. The molecule has 184 valence electrons. The number of rotatable bonds is 8. The smallest absolute Gasteiger partial charge is 0.274 e. The van der Waals surface area contributed by atoms with E-state index in [1.807, 2.05) is 54.6 Å². The molecule has 0 saturated carbocycles. The van der Waals surface area contributed by atoms with Gasteiger partial charge in [0.05, 0.1) is 11.5 Å². The number of benzene rings is 2. The van der Waals surface area contributed by atoms with Crippen LogP contribution in [-0.4, -0.2) is 58.8 Å². The number of hydrogen-bond donors (Lipinski definition) is 2. The van der Waals surface area contributed by atoms with Gasteiger partial charge in [0, 0.05) is 25.3 Å². The van der Waals surface area contributed by atoms with Gasteiger partial charge in [-0.3, -0.25) is 19.7 Å². The SMILES string of the molecule is O=C(CN1CCCC[C@H](NC(=C[N+](=O)[O-])Nc2cccc(-c3ccccc3)c2)C1=O)N1CCCC1. The van der Waals surface area contributed by atoms with Crippen molar-refractivity contribution in [1.29, 1.82) is 0 Å². The van der Waals surface area contributed by atoms with Gasteiger partial charge in [0.1, 0.15) is 6.04 Å². The zero-order chi connectivity index (χ0) is 24.6. The van der Waals surface area contributed by atoms with E-state index in [4.69, 9.17) is 0 Å². The summed E-state index contributed by atoms with van der Waals surface area (Å²) in [5.41, 5.74) is 2.66. The number of carbonyl (C=O) groups excluding carboxylic acids is 2. The predicted octanol–water partition coefficient (Wildman–Crippen LogP) is 3.43. The molecule has 2 N–H and O–H groups in total. The summed E-state index contributed by atoms with van der Waals surface area (Å²) in [7, 11) is 0. The summed E-state index contributed by atoms with van der Waals surface area (Å²) in [5.74, 6) is -0.108. The third-order valence-corrected chi connectivity index (χ3v) is 6.38. The number of anilines is 1. The molecule has 0 aliphatic carbocycles. The Labute approximate surface area is 204 Å². The van der Waals surface area contributed by atoms with Gasteiger partial charge >= 0.3 is 0 Å². The highest BCUT2D eigenvalue weighted by molar-refractivity contribution is 5.88. The second-order valence-corrected chi connectivity index (χ2v) is 8.94. The van der Waals surface area contributed by atoms with E-state index in [0.717, 1.165) is 56.1 Å². The monoisotopic (exact) mass is 477 g/mol. The van der Waals surface area contributed by atoms with Crippen LogP contribution < -0.4 is 10.6 Å². The van der Waals surface area contributed by atoms with Crippen molar-refractivity contribution in [3.63, 3.8) is 0 Å². The van der Waals surface area contributed by atoms with Crippen LogP contribution in [0.25, 0.3) is 11.1 Å². The molecule has 2 aromatic carbocycles. The normalized spacial score (nSPS) is 18.8. The van der Waals surface area contributed by atoms with Crippen LogP contribution in [0.4, 0.5) is 5.69 Å². The molecule has 2 aromatic rings. The quantitative estimate of drug-likeness (QED) is 0.446. The summed E-state index contributed by atoms with van der Waals surface area (Å²) in [6.07, 6.45) is 4.94. The molecule has 0 unspecified atom stereocenters. The molecule has 0 bridgehead atoms. The second kappa shape index (κ2) is 11.5. The Morgan fingerprint density at radius 1 is 1.00 bits per heavy atom. The molecule has 4 rings (SSSR count). The topological polar surface area (TPSA) is 108 Å². The summed E-state index contributed by atoms with van der Waals surface area (Å²) >= 11 is 0. The predicted molar refractivity (Wildman–Crippen MR) is 134 cm³/mol. The summed E-state index contributed by atoms with van der Waals surface area (Å²) in [6, 6.07) is 16.7. The van der Waals surface area contributed by atoms with Gasteiger partial charge in [-0.1, -0.05) is 42.5 Å². The highest BCUT2D eigenvalue weighted by atomic mass is 16.6. The fourth-order valence-electron chi connectivity index (χ4n) is 4.59. The molecule has 2 heterocycles. The van der Waals surface area contributed by atoms with Gasteiger partial charge in [-0.05, 0) is 55.4 Å². The first-order chi connectivity index (χ1) is 17.0. The molecule has 2 saturated heterocycles. The van der Waals surface area contributed by atoms with Gasteiger partial charge in [0.2, 0.25) is 11.8 Å². The lowest BCUT2D eigenvalue weighted by Crippen LogP contribution is -2.49. The fourth-order valence-corrected chi connectivity index (χ4v) is 4.59. The van der Waals surface area contributed by atoms with E-state index in [1.165, 1.54) is 0 Å². The average Bonchev–Trinajstić information content (AvgIpc) is 3.35. The highest BCUT2D eigenvalue weighted by Gasteiger charge is 2.30. The van der Waals surface area contributed by atoms with E-state index >= 15 is 0 Å². The summed E-state index contributed by atoms with van der Waals surface area (Å²) in [5, 5.41) is 17.5. The van der Waals surface area contributed by atoms with E-state index < -0.39 is 11.0 Å². The largest absolute Gasteiger partial charge is 0.355 e.